The number of hydrogen-bond donors (Lipinski definition) is 1. The Balaban J connectivity index is 1.74. The van der Waals surface area contributed by atoms with Crippen LogP contribution >= 0.6 is 15.9 Å². The van der Waals surface area contributed by atoms with Crippen molar-refractivity contribution < 1.29 is 0 Å². The molecule has 0 spiro atoms. The minimum Gasteiger partial charge on any atom is -0.380 e. The fourth-order valence-electron chi connectivity index (χ4n) is 3.30. The van der Waals surface area contributed by atoms with Crippen LogP contribution in [0.3, 0.4) is 0 Å². The zero-order chi connectivity index (χ0) is 14.5. The lowest BCUT2D eigenvalue weighted by atomic mass is 9.82. The van der Waals surface area contributed by atoms with E-state index in [1.807, 2.05) is 6.07 Å². The second kappa shape index (κ2) is 7.13. The fraction of sp³-hybridized carbons (Fsp3) is 0.368. The molecule has 0 aromatic heterocycles. The molecule has 1 aliphatic rings. The van der Waals surface area contributed by atoms with Gasteiger partial charge in [-0.3, -0.25) is 0 Å². The number of rotatable bonds is 4. The highest BCUT2D eigenvalue weighted by atomic mass is 79.9. The number of para-hydroxylation sites is 1. The largest absolute Gasteiger partial charge is 0.380 e. The van der Waals surface area contributed by atoms with Crippen molar-refractivity contribution in [1.82, 2.24) is 0 Å². The number of hydrogen-bond acceptors (Lipinski definition) is 1. The van der Waals surface area contributed by atoms with Crippen molar-refractivity contribution in [2.75, 3.05) is 5.32 Å². The Morgan fingerprint density at radius 1 is 0.905 bits per heavy atom. The maximum absolute atomic E-state index is 3.60. The summed E-state index contributed by atoms with van der Waals surface area (Å²) in [5, 5.41) is 3.56. The van der Waals surface area contributed by atoms with Crippen LogP contribution in [0.2, 0.25) is 0 Å². The zero-order valence-electron chi connectivity index (χ0n) is 12.3. The van der Waals surface area contributed by atoms with Crippen LogP contribution in [0.5, 0.6) is 0 Å². The van der Waals surface area contributed by atoms with Crippen LogP contribution in [-0.4, -0.2) is 0 Å². The quantitative estimate of drug-likeness (QED) is 0.706. The van der Waals surface area contributed by atoms with E-state index in [-0.39, 0.29) is 0 Å². The van der Waals surface area contributed by atoms with E-state index in [0.29, 0.717) is 0 Å². The summed E-state index contributed by atoms with van der Waals surface area (Å²) in [6, 6.07) is 17.3. The molecule has 1 N–H and O–H groups in total. The first-order valence-electron chi connectivity index (χ1n) is 7.91. The Bertz CT molecular complexity index is 588. The van der Waals surface area contributed by atoms with Gasteiger partial charge < -0.3 is 5.32 Å². The van der Waals surface area contributed by atoms with Crippen LogP contribution in [0.1, 0.15) is 49.1 Å². The van der Waals surface area contributed by atoms with Gasteiger partial charge in [-0.25, -0.2) is 0 Å². The van der Waals surface area contributed by atoms with E-state index in [9.17, 15) is 0 Å². The summed E-state index contributed by atoms with van der Waals surface area (Å²) >= 11 is 3.60. The van der Waals surface area contributed by atoms with Gasteiger partial charge in [-0.1, -0.05) is 55.7 Å². The monoisotopic (exact) mass is 343 g/mol. The standard InChI is InChI=1S/C19H22BrN/c20-18-12-6-7-13-19(18)21-14-16-10-4-5-11-17(16)15-8-2-1-3-9-15/h4-7,10-13,15,21H,1-3,8-9,14H2. The maximum atomic E-state index is 3.60. The molecule has 1 aliphatic carbocycles. The van der Waals surface area contributed by atoms with Crippen molar-refractivity contribution in [1.29, 1.82) is 0 Å². The normalized spacial score (nSPS) is 15.9. The van der Waals surface area contributed by atoms with E-state index in [0.717, 1.165) is 22.6 Å². The molecule has 0 atom stereocenters. The van der Waals surface area contributed by atoms with Gasteiger partial charge in [0.15, 0.2) is 0 Å². The first kappa shape index (κ1) is 14.6. The molecule has 0 heterocycles. The number of halogens is 1. The Labute approximate surface area is 135 Å². The predicted molar refractivity (Wildman–Crippen MR) is 93.7 cm³/mol. The average molecular weight is 344 g/mol. The first-order chi connectivity index (χ1) is 10.3. The van der Waals surface area contributed by atoms with Crippen LogP contribution in [-0.2, 0) is 6.54 Å². The number of benzene rings is 2. The summed E-state index contributed by atoms with van der Waals surface area (Å²) in [4.78, 5) is 0. The molecule has 0 saturated heterocycles. The molecule has 2 heteroatoms. The topological polar surface area (TPSA) is 12.0 Å². The summed E-state index contributed by atoms with van der Waals surface area (Å²) in [7, 11) is 0. The predicted octanol–water partition coefficient (Wildman–Crippen LogP) is 6.11. The van der Waals surface area contributed by atoms with Crippen molar-refractivity contribution in [3.05, 3.63) is 64.1 Å². The Morgan fingerprint density at radius 3 is 2.43 bits per heavy atom. The second-order valence-corrected chi connectivity index (χ2v) is 6.72. The van der Waals surface area contributed by atoms with Crippen LogP contribution in [0.4, 0.5) is 5.69 Å². The van der Waals surface area contributed by atoms with Crippen LogP contribution in [0, 0.1) is 0 Å². The van der Waals surface area contributed by atoms with E-state index in [1.165, 1.54) is 37.7 Å². The van der Waals surface area contributed by atoms with E-state index in [1.54, 1.807) is 5.56 Å². The summed E-state index contributed by atoms with van der Waals surface area (Å²) in [6.45, 7) is 0.898. The first-order valence-corrected chi connectivity index (χ1v) is 8.70. The maximum Gasteiger partial charge on any atom is 0.0487 e. The fourth-order valence-corrected chi connectivity index (χ4v) is 3.73. The van der Waals surface area contributed by atoms with Gasteiger partial charge in [-0.15, -0.1) is 0 Å². The highest BCUT2D eigenvalue weighted by molar-refractivity contribution is 9.10. The van der Waals surface area contributed by atoms with Crippen molar-refractivity contribution in [2.24, 2.45) is 0 Å². The molecule has 1 fully saturated rings. The molecule has 3 rings (SSSR count). The van der Waals surface area contributed by atoms with Crippen molar-refractivity contribution in [3.8, 4) is 0 Å². The lowest BCUT2D eigenvalue weighted by Crippen LogP contribution is -2.10. The van der Waals surface area contributed by atoms with Gasteiger partial charge in [0, 0.05) is 16.7 Å². The molecule has 21 heavy (non-hydrogen) atoms. The third kappa shape index (κ3) is 3.68. The molecular formula is C19H22BrN. The SMILES string of the molecule is Brc1ccccc1NCc1ccccc1C1CCCCC1. The van der Waals surface area contributed by atoms with Crippen molar-refractivity contribution >= 4 is 21.6 Å². The number of anilines is 1. The zero-order valence-corrected chi connectivity index (χ0v) is 13.9. The van der Waals surface area contributed by atoms with Gasteiger partial charge in [0.1, 0.15) is 0 Å². The van der Waals surface area contributed by atoms with E-state index < -0.39 is 0 Å². The smallest absolute Gasteiger partial charge is 0.0487 e. The van der Waals surface area contributed by atoms with Gasteiger partial charge in [-0.2, -0.15) is 0 Å². The third-order valence-electron chi connectivity index (χ3n) is 4.44. The molecule has 0 aliphatic heterocycles. The molecular weight excluding hydrogens is 322 g/mol. The van der Waals surface area contributed by atoms with Crippen molar-refractivity contribution in [2.45, 2.75) is 44.6 Å². The number of nitrogens with one attached hydrogen (secondary N) is 1. The lowest BCUT2D eigenvalue weighted by molar-refractivity contribution is 0.442. The van der Waals surface area contributed by atoms with Crippen LogP contribution in [0.25, 0.3) is 0 Å². The Morgan fingerprint density at radius 2 is 1.62 bits per heavy atom. The highest BCUT2D eigenvalue weighted by Gasteiger charge is 2.17. The molecule has 110 valence electrons. The van der Waals surface area contributed by atoms with E-state index in [4.69, 9.17) is 0 Å². The van der Waals surface area contributed by atoms with Crippen LogP contribution < -0.4 is 5.32 Å². The average Bonchev–Trinajstić information content (AvgIpc) is 2.55. The van der Waals surface area contributed by atoms with Gasteiger partial charge in [0.05, 0.1) is 0 Å². The highest BCUT2D eigenvalue weighted by Crippen LogP contribution is 2.34. The minimum atomic E-state index is 0.760. The van der Waals surface area contributed by atoms with Crippen molar-refractivity contribution in [3.63, 3.8) is 0 Å². The summed E-state index contributed by atoms with van der Waals surface area (Å²) in [5.41, 5.74) is 4.16. The van der Waals surface area contributed by atoms with Gasteiger partial charge in [0.25, 0.3) is 0 Å². The summed E-state index contributed by atoms with van der Waals surface area (Å²) in [5.74, 6) is 0.760. The lowest BCUT2D eigenvalue weighted by Gasteiger charge is -2.24. The van der Waals surface area contributed by atoms with Gasteiger partial charge in [-0.05, 0) is 57.9 Å². The van der Waals surface area contributed by atoms with E-state index in [2.05, 4.69) is 63.7 Å². The minimum absolute atomic E-state index is 0.760. The Kier molecular flexibility index (Phi) is 4.97. The molecule has 0 bridgehead atoms. The molecule has 2 aromatic carbocycles. The third-order valence-corrected chi connectivity index (χ3v) is 5.13. The molecule has 0 unspecified atom stereocenters. The molecule has 0 radical (unpaired) electrons. The summed E-state index contributed by atoms with van der Waals surface area (Å²) in [6.07, 6.45) is 6.89. The van der Waals surface area contributed by atoms with Gasteiger partial charge in [0.2, 0.25) is 0 Å². The second-order valence-electron chi connectivity index (χ2n) is 5.87. The summed E-state index contributed by atoms with van der Waals surface area (Å²) < 4.78 is 1.13. The van der Waals surface area contributed by atoms with Gasteiger partial charge >= 0.3 is 0 Å². The van der Waals surface area contributed by atoms with Crippen LogP contribution in [0.15, 0.2) is 53.0 Å². The van der Waals surface area contributed by atoms with E-state index >= 15 is 0 Å². The molecule has 1 saturated carbocycles. The molecule has 0 amide bonds. The Hall–Kier alpha value is -1.28. The molecule has 2 aromatic rings. The molecule has 1 nitrogen and oxygen atoms in total.